The van der Waals surface area contributed by atoms with Crippen molar-refractivity contribution in [1.82, 2.24) is 10.2 Å². The van der Waals surface area contributed by atoms with E-state index in [0.717, 1.165) is 25.7 Å². The van der Waals surface area contributed by atoms with Gasteiger partial charge in [0.2, 0.25) is 5.91 Å². The first kappa shape index (κ1) is 31.8. The van der Waals surface area contributed by atoms with Gasteiger partial charge in [-0.3, -0.25) is 14.4 Å². The molecular formula is C32H35IN2O9. The van der Waals surface area contributed by atoms with Crippen molar-refractivity contribution in [2.24, 2.45) is 0 Å². The van der Waals surface area contributed by atoms with Crippen molar-refractivity contribution < 1.29 is 43.2 Å². The minimum atomic E-state index is -1.24. The number of halogens is 1. The van der Waals surface area contributed by atoms with E-state index in [1.54, 1.807) is 29.2 Å². The largest absolute Gasteiger partial charge is 0.493 e. The van der Waals surface area contributed by atoms with E-state index in [1.165, 1.54) is 20.3 Å². The van der Waals surface area contributed by atoms with Gasteiger partial charge in [-0.1, -0.05) is 25.0 Å². The Labute approximate surface area is 268 Å². The molecule has 0 spiro atoms. The van der Waals surface area contributed by atoms with Crippen molar-refractivity contribution in [3.63, 3.8) is 0 Å². The molecule has 3 atom stereocenters. The van der Waals surface area contributed by atoms with Crippen LogP contribution in [-0.4, -0.2) is 84.9 Å². The summed E-state index contributed by atoms with van der Waals surface area (Å²) in [5, 5.41) is 24.6. The van der Waals surface area contributed by atoms with Crippen molar-refractivity contribution in [2.45, 2.75) is 56.4 Å². The third-order valence-corrected chi connectivity index (χ3v) is 8.91. The summed E-state index contributed by atoms with van der Waals surface area (Å²) in [7, 11) is 2.97. The molecule has 3 aromatic rings. The van der Waals surface area contributed by atoms with Gasteiger partial charge in [0, 0.05) is 35.5 Å². The Morgan fingerprint density at radius 1 is 1.14 bits per heavy atom. The summed E-state index contributed by atoms with van der Waals surface area (Å²) in [6, 6.07) is 9.17. The first-order valence-electron chi connectivity index (χ1n) is 14.5. The predicted octanol–water partition coefficient (Wildman–Crippen LogP) is 3.87. The third-order valence-electron chi connectivity index (χ3n) is 8.10. The van der Waals surface area contributed by atoms with E-state index in [-0.39, 0.29) is 42.9 Å². The van der Waals surface area contributed by atoms with Gasteiger partial charge in [0.25, 0.3) is 5.91 Å². The third kappa shape index (κ3) is 6.42. The van der Waals surface area contributed by atoms with Crippen LogP contribution in [-0.2, 0) is 4.79 Å². The molecule has 1 fully saturated rings. The molecule has 0 bridgehead atoms. The number of furan rings is 1. The standard InChI is InChI=1S/C32H35IN2O9/c1-41-24-9-5-6-19-15-27(44-29(19)24)32(40)35(21-7-3-4-8-21)23-14-20(31(39)34-10-11-36)16-25(28(23)38)43-30-22(33)12-18(17-37)13-26(30)42-2/h5-6,9,12-13,15-17,21,23,25,28,36,38H,3-4,7-8,10-11,14H2,1-2H3,(H,34,39). The fourth-order valence-electron chi connectivity index (χ4n) is 6.01. The van der Waals surface area contributed by atoms with Gasteiger partial charge in [0.15, 0.2) is 28.6 Å². The number of carbonyl (C=O) groups excluding carboxylic acids is 3. The van der Waals surface area contributed by atoms with E-state index < -0.39 is 30.1 Å². The van der Waals surface area contributed by atoms with E-state index in [9.17, 15) is 24.6 Å². The molecule has 3 unspecified atom stereocenters. The molecule has 12 heteroatoms. The molecule has 2 aromatic carbocycles. The maximum absolute atomic E-state index is 14.3. The summed E-state index contributed by atoms with van der Waals surface area (Å²) in [4.78, 5) is 40.6. The number of nitrogens with zero attached hydrogens (tertiary/aromatic N) is 1. The molecule has 44 heavy (non-hydrogen) atoms. The molecule has 1 saturated carbocycles. The summed E-state index contributed by atoms with van der Waals surface area (Å²) < 4.78 is 23.8. The van der Waals surface area contributed by atoms with E-state index in [1.807, 2.05) is 34.7 Å². The molecule has 1 heterocycles. The molecule has 0 aliphatic heterocycles. The van der Waals surface area contributed by atoms with Crippen LogP contribution in [0.1, 0.15) is 53.0 Å². The molecule has 2 aliphatic carbocycles. The Hall–Kier alpha value is -3.62. The zero-order chi connectivity index (χ0) is 31.4. The van der Waals surface area contributed by atoms with Crippen molar-refractivity contribution >= 4 is 51.7 Å². The second-order valence-corrected chi connectivity index (χ2v) is 12.0. The number of amides is 2. The predicted molar refractivity (Wildman–Crippen MR) is 169 cm³/mol. The number of aliphatic hydroxyl groups is 2. The van der Waals surface area contributed by atoms with Crippen LogP contribution in [0.3, 0.4) is 0 Å². The van der Waals surface area contributed by atoms with Crippen LogP contribution >= 0.6 is 22.6 Å². The van der Waals surface area contributed by atoms with Crippen LogP contribution in [0.15, 0.2) is 52.5 Å². The van der Waals surface area contributed by atoms with Gasteiger partial charge in [-0.05, 0) is 65.8 Å². The second-order valence-electron chi connectivity index (χ2n) is 10.8. The lowest BCUT2D eigenvalue weighted by Crippen LogP contribution is -2.57. The minimum Gasteiger partial charge on any atom is -0.493 e. The Balaban J connectivity index is 1.56. The number of para-hydroxylation sites is 1. The average Bonchev–Trinajstić information content (AvgIpc) is 3.72. The van der Waals surface area contributed by atoms with Crippen LogP contribution < -0.4 is 19.5 Å². The highest BCUT2D eigenvalue weighted by molar-refractivity contribution is 14.1. The first-order chi connectivity index (χ1) is 21.3. The number of aliphatic hydroxyl groups excluding tert-OH is 2. The smallest absolute Gasteiger partial charge is 0.290 e. The van der Waals surface area contributed by atoms with Crippen molar-refractivity contribution in [2.75, 3.05) is 27.4 Å². The lowest BCUT2D eigenvalue weighted by atomic mass is 9.87. The molecule has 0 radical (unpaired) electrons. The van der Waals surface area contributed by atoms with Gasteiger partial charge >= 0.3 is 0 Å². The van der Waals surface area contributed by atoms with Gasteiger partial charge < -0.3 is 39.1 Å². The van der Waals surface area contributed by atoms with Gasteiger partial charge in [0.1, 0.15) is 18.5 Å². The van der Waals surface area contributed by atoms with Crippen molar-refractivity contribution in [1.29, 1.82) is 0 Å². The zero-order valence-corrected chi connectivity index (χ0v) is 26.6. The Bertz CT molecular complexity index is 1560. The molecule has 5 rings (SSSR count). The summed E-state index contributed by atoms with van der Waals surface area (Å²) in [6.07, 6.45) is 3.31. The van der Waals surface area contributed by atoms with Gasteiger partial charge in [0.05, 0.1) is 30.4 Å². The molecule has 3 N–H and O–H groups in total. The highest BCUT2D eigenvalue weighted by Gasteiger charge is 2.44. The normalized spacial score (nSPS) is 20.2. The molecule has 1 aromatic heterocycles. The lowest BCUT2D eigenvalue weighted by molar-refractivity contribution is -0.118. The number of hydrogen-bond donors (Lipinski definition) is 3. The molecule has 0 saturated heterocycles. The highest BCUT2D eigenvalue weighted by Crippen LogP contribution is 2.39. The van der Waals surface area contributed by atoms with Gasteiger partial charge in [-0.2, -0.15) is 0 Å². The van der Waals surface area contributed by atoms with Crippen LogP contribution in [0.5, 0.6) is 17.2 Å². The monoisotopic (exact) mass is 718 g/mol. The highest BCUT2D eigenvalue weighted by atomic mass is 127. The SMILES string of the molecule is COc1cc(C=O)cc(I)c1OC1C=C(C(=O)NCCO)CC(N(C(=O)c2cc3cccc(OC)c3o2)C2CCCC2)C1O. The molecule has 234 valence electrons. The van der Waals surface area contributed by atoms with Crippen molar-refractivity contribution in [3.8, 4) is 17.2 Å². The lowest BCUT2D eigenvalue weighted by Gasteiger charge is -2.43. The number of methoxy groups -OCH3 is 2. The number of ether oxygens (including phenoxy) is 3. The number of nitrogens with one attached hydrogen (secondary N) is 1. The Kier molecular flexibility index (Phi) is 10.1. The summed E-state index contributed by atoms with van der Waals surface area (Å²) in [6.45, 7) is -0.203. The summed E-state index contributed by atoms with van der Waals surface area (Å²) in [5.74, 6) is 0.329. The van der Waals surface area contributed by atoms with E-state index in [0.29, 0.717) is 37.7 Å². The van der Waals surface area contributed by atoms with Crippen LogP contribution in [0, 0.1) is 3.57 Å². The van der Waals surface area contributed by atoms with Crippen LogP contribution in [0.4, 0.5) is 0 Å². The first-order valence-corrected chi connectivity index (χ1v) is 15.5. The summed E-state index contributed by atoms with van der Waals surface area (Å²) >= 11 is 2.02. The Morgan fingerprint density at radius 3 is 2.57 bits per heavy atom. The number of aldehydes is 1. The minimum absolute atomic E-state index is 0.0416. The zero-order valence-electron chi connectivity index (χ0n) is 24.5. The maximum atomic E-state index is 14.3. The van der Waals surface area contributed by atoms with Gasteiger partial charge in [-0.15, -0.1) is 0 Å². The Morgan fingerprint density at radius 2 is 1.89 bits per heavy atom. The quantitative estimate of drug-likeness (QED) is 0.199. The fourth-order valence-corrected chi connectivity index (χ4v) is 6.76. The molecule has 2 aliphatic rings. The molecule has 11 nitrogen and oxygen atoms in total. The van der Waals surface area contributed by atoms with E-state index in [4.69, 9.17) is 18.6 Å². The molecule has 2 amide bonds. The van der Waals surface area contributed by atoms with E-state index >= 15 is 0 Å². The second kappa shape index (κ2) is 14.0. The number of hydrogen-bond acceptors (Lipinski definition) is 9. The van der Waals surface area contributed by atoms with Crippen LogP contribution in [0.2, 0.25) is 0 Å². The average molecular weight is 719 g/mol. The maximum Gasteiger partial charge on any atom is 0.290 e. The molecular weight excluding hydrogens is 683 g/mol. The fraction of sp³-hybridized carbons (Fsp3) is 0.406. The number of rotatable bonds is 11. The van der Waals surface area contributed by atoms with E-state index in [2.05, 4.69) is 5.32 Å². The summed E-state index contributed by atoms with van der Waals surface area (Å²) in [5.41, 5.74) is 1.14. The topological polar surface area (TPSA) is 148 Å². The van der Waals surface area contributed by atoms with Crippen molar-refractivity contribution in [3.05, 3.63) is 62.9 Å². The number of carbonyl (C=O) groups is 3. The number of benzene rings is 2. The number of fused-ring (bicyclic) bond motifs is 1. The van der Waals surface area contributed by atoms with Crippen LogP contribution in [0.25, 0.3) is 11.0 Å². The van der Waals surface area contributed by atoms with Gasteiger partial charge in [-0.25, -0.2) is 0 Å².